The van der Waals surface area contributed by atoms with Crippen molar-refractivity contribution in [3.8, 4) is 0 Å². The Morgan fingerprint density at radius 3 is 0.854 bits per heavy atom. The van der Waals surface area contributed by atoms with Crippen LogP contribution in [0.3, 0.4) is 0 Å². The van der Waals surface area contributed by atoms with Crippen LogP contribution in [-0.2, 0) is 9.59 Å². The van der Waals surface area contributed by atoms with E-state index >= 15 is 0 Å². The van der Waals surface area contributed by atoms with Gasteiger partial charge in [-0.1, -0.05) is 168 Å². The normalized spacial score (nSPS) is 12.0. The van der Waals surface area contributed by atoms with E-state index in [0.717, 1.165) is 25.7 Å². The molecule has 0 amide bonds. The lowest BCUT2D eigenvalue weighted by Crippen LogP contribution is -2.59. The summed E-state index contributed by atoms with van der Waals surface area (Å²) in [6.07, 6.45) is 34.0. The third-order valence-corrected chi connectivity index (χ3v) is 9.24. The van der Waals surface area contributed by atoms with E-state index in [4.69, 9.17) is 0 Å². The van der Waals surface area contributed by atoms with Crippen LogP contribution in [0, 0.1) is 0 Å². The highest BCUT2D eigenvalue weighted by molar-refractivity contribution is 6.05. The highest BCUT2D eigenvalue weighted by Gasteiger charge is 2.43. The second kappa shape index (κ2) is 29.3. The van der Waals surface area contributed by atoms with Crippen LogP contribution in [0.1, 0.15) is 207 Å². The summed E-state index contributed by atoms with van der Waals surface area (Å²) in [6, 6.07) is -0.889. The van der Waals surface area contributed by atoms with Crippen molar-refractivity contribution in [2.24, 2.45) is 0 Å². The lowest BCUT2D eigenvalue weighted by molar-refractivity contribution is -1.10. The van der Waals surface area contributed by atoms with Gasteiger partial charge < -0.3 is 0 Å². The molecular formula is C37H74NO3+. The maximum atomic E-state index is 13.2. The van der Waals surface area contributed by atoms with Crippen LogP contribution >= 0.6 is 0 Å². The van der Waals surface area contributed by atoms with Gasteiger partial charge in [0, 0.05) is 12.8 Å². The zero-order valence-corrected chi connectivity index (χ0v) is 28.5. The van der Waals surface area contributed by atoms with Crippen molar-refractivity contribution in [3.05, 3.63) is 0 Å². The highest BCUT2D eigenvalue weighted by Crippen LogP contribution is 2.20. The summed E-state index contributed by atoms with van der Waals surface area (Å²) >= 11 is 0. The molecule has 1 N–H and O–H groups in total. The summed E-state index contributed by atoms with van der Waals surface area (Å²) in [5.74, 6) is -0.0852. The van der Waals surface area contributed by atoms with Gasteiger partial charge in [0.25, 0.3) is 0 Å². The fraction of sp³-hybridized carbons (Fsp3) is 0.946. The van der Waals surface area contributed by atoms with Crippen LogP contribution in [-0.4, -0.2) is 40.6 Å². The van der Waals surface area contributed by atoms with Crippen LogP contribution < -0.4 is 0 Å². The molecule has 0 aromatic heterocycles. The van der Waals surface area contributed by atoms with Gasteiger partial charge in [-0.25, -0.2) is 5.21 Å². The van der Waals surface area contributed by atoms with Crippen molar-refractivity contribution >= 4 is 11.6 Å². The number of rotatable bonds is 33. The molecule has 0 aromatic rings. The topological polar surface area (TPSA) is 54.4 Å². The number of hydrogen-bond donors (Lipinski definition) is 1. The highest BCUT2D eigenvalue weighted by atomic mass is 16.5. The number of unbranched alkanes of at least 4 members (excludes halogenated alkanes) is 24. The fourth-order valence-corrected chi connectivity index (χ4v) is 6.21. The van der Waals surface area contributed by atoms with E-state index in [1.54, 1.807) is 0 Å². The Labute approximate surface area is 257 Å². The van der Waals surface area contributed by atoms with Gasteiger partial charge in [-0.3, -0.25) is 9.59 Å². The Bertz CT molecular complexity index is 545. The van der Waals surface area contributed by atoms with Gasteiger partial charge in [0.15, 0.2) is 0 Å². The minimum Gasteiger partial charge on any atom is -0.292 e. The molecule has 0 bridgehead atoms. The molecule has 0 aliphatic carbocycles. The number of hydrogen-bond acceptors (Lipinski definition) is 3. The van der Waals surface area contributed by atoms with Gasteiger partial charge in [-0.15, -0.1) is 0 Å². The average Bonchev–Trinajstić information content (AvgIpc) is 2.97. The van der Waals surface area contributed by atoms with Crippen molar-refractivity contribution < 1.29 is 19.4 Å². The van der Waals surface area contributed by atoms with Gasteiger partial charge >= 0.3 is 0 Å². The van der Waals surface area contributed by atoms with Gasteiger partial charge in [-0.2, -0.15) is 4.65 Å². The molecule has 0 radical (unpaired) electrons. The summed E-state index contributed by atoms with van der Waals surface area (Å²) in [4.78, 5) is 26.4. The Hall–Kier alpha value is -0.740. The molecular weight excluding hydrogens is 506 g/mol. The third-order valence-electron chi connectivity index (χ3n) is 9.24. The molecule has 4 heteroatoms. The first-order valence-electron chi connectivity index (χ1n) is 18.6. The van der Waals surface area contributed by atoms with Crippen LogP contribution in [0.25, 0.3) is 0 Å². The summed E-state index contributed by atoms with van der Waals surface area (Å²) in [6.45, 7) is 9.10. The van der Waals surface area contributed by atoms with Gasteiger partial charge in [0.2, 0.25) is 17.6 Å². The van der Waals surface area contributed by atoms with E-state index in [2.05, 4.69) is 13.8 Å². The molecule has 0 unspecified atom stereocenters. The lowest BCUT2D eigenvalue weighted by atomic mass is 9.95. The van der Waals surface area contributed by atoms with E-state index in [-0.39, 0.29) is 11.6 Å². The van der Waals surface area contributed by atoms with Gasteiger partial charge in [0.05, 0.1) is 0 Å². The Balaban J connectivity index is 4.10. The number of Topliss-reactive ketones (excluding diaryl/α,β-unsaturated/α-hetero) is 2. The first-order chi connectivity index (χ1) is 20.0. The number of nitrogens with zero attached hydrogens (tertiary/aromatic N) is 1. The van der Waals surface area contributed by atoms with Crippen molar-refractivity contribution in [1.82, 2.24) is 0 Å². The van der Waals surface area contributed by atoms with Crippen LogP contribution in [0.5, 0.6) is 0 Å². The number of ketones is 2. The first-order valence-corrected chi connectivity index (χ1v) is 18.6. The van der Waals surface area contributed by atoms with Crippen molar-refractivity contribution in [3.63, 3.8) is 0 Å². The number of carbonyl (C=O) groups is 2. The molecule has 0 spiro atoms. The predicted molar refractivity (Wildman–Crippen MR) is 178 cm³/mol. The van der Waals surface area contributed by atoms with E-state index in [1.165, 1.54) is 141 Å². The molecule has 0 saturated carbocycles. The van der Waals surface area contributed by atoms with Crippen LogP contribution in [0.4, 0.5) is 0 Å². The second-order valence-electron chi connectivity index (χ2n) is 12.9. The maximum Gasteiger partial charge on any atom is 0.236 e. The van der Waals surface area contributed by atoms with E-state index in [0.29, 0.717) is 25.9 Å². The zero-order valence-electron chi connectivity index (χ0n) is 28.5. The summed E-state index contributed by atoms with van der Waals surface area (Å²) in [5.41, 5.74) is 0. The number of hydroxylamine groups is 3. The molecule has 0 heterocycles. The van der Waals surface area contributed by atoms with E-state index in [9.17, 15) is 14.8 Å². The standard InChI is InChI=1S/C37H74NO3/c1-5-9-11-13-15-17-19-21-23-25-27-29-31-33-35(39)37(38(41,7-3)8-4)36(40)34-32-30-28-26-24-22-20-18-16-14-12-10-6-2/h37,41H,5-34H2,1-4H3/q+1. The van der Waals surface area contributed by atoms with Crippen molar-refractivity contribution in [2.45, 2.75) is 214 Å². The number of carbonyl (C=O) groups excluding carboxylic acids is 2. The minimum absolute atomic E-state index is 0.0426. The Kier molecular flexibility index (Phi) is 28.8. The first kappa shape index (κ1) is 40.3. The second-order valence-corrected chi connectivity index (χ2v) is 12.9. The predicted octanol–water partition coefficient (Wildman–Crippen LogP) is 11.7. The monoisotopic (exact) mass is 581 g/mol. The average molecular weight is 581 g/mol. The SMILES string of the molecule is CCCCCCCCCCCCCCCC(=O)C(C(=O)CCCCCCCCCCCCCCC)[N+](O)(CC)CC. The summed E-state index contributed by atoms with van der Waals surface area (Å²) in [5, 5.41) is 11.1. The number of quaternary nitrogens is 1. The lowest BCUT2D eigenvalue weighted by Gasteiger charge is -2.34. The molecule has 0 fully saturated rings. The third kappa shape index (κ3) is 22.5. The molecule has 0 aromatic carbocycles. The van der Waals surface area contributed by atoms with Crippen molar-refractivity contribution in [1.29, 1.82) is 0 Å². The molecule has 0 saturated heterocycles. The van der Waals surface area contributed by atoms with Gasteiger partial charge in [0.1, 0.15) is 13.1 Å². The zero-order chi connectivity index (χ0) is 30.4. The molecule has 41 heavy (non-hydrogen) atoms. The molecule has 0 rings (SSSR count). The fourth-order valence-electron chi connectivity index (χ4n) is 6.21. The Morgan fingerprint density at radius 2 is 0.634 bits per heavy atom. The molecule has 4 nitrogen and oxygen atoms in total. The van der Waals surface area contributed by atoms with Gasteiger partial charge in [-0.05, 0) is 26.7 Å². The molecule has 0 atom stereocenters. The molecule has 244 valence electrons. The smallest absolute Gasteiger partial charge is 0.236 e. The molecule has 0 aliphatic heterocycles. The van der Waals surface area contributed by atoms with Crippen molar-refractivity contribution in [2.75, 3.05) is 13.1 Å². The minimum atomic E-state index is -0.889. The summed E-state index contributed by atoms with van der Waals surface area (Å²) in [7, 11) is 0. The van der Waals surface area contributed by atoms with Crippen LogP contribution in [0.2, 0.25) is 0 Å². The quantitative estimate of drug-likeness (QED) is 0.0363. The summed E-state index contributed by atoms with van der Waals surface area (Å²) < 4.78 is -0.422. The number of likely N-dealkylation sites (N-methyl/N-ethyl adjacent to an activating group) is 1. The van der Waals surface area contributed by atoms with E-state index < -0.39 is 10.7 Å². The Morgan fingerprint density at radius 1 is 0.415 bits per heavy atom. The van der Waals surface area contributed by atoms with E-state index in [1.807, 2.05) is 13.8 Å². The largest absolute Gasteiger partial charge is 0.292 e. The van der Waals surface area contributed by atoms with Crippen LogP contribution in [0.15, 0.2) is 0 Å². The maximum absolute atomic E-state index is 13.2. The molecule has 0 aliphatic rings.